The lowest BCUT2D eigenvalue weighted by Gasteiger charge is -2.14. The molecular formula is C13H17NO2S. The monoisotopic (exact) mass is 251 g/mol. The van der Waals surface area contributed by atoms with Gasteiger partial charge in [-0.1, -0.05) is 29.8 Å². The molecule has 4 heteroatoms. The molecule has 3 nitrogen and oxygen atoms in total. The summed E-state index contributed by atoms with van der Waals surface area (Å²) in [6.45, 7) is 2.88. The van der Waals surface area contributed by atoms with E-state index in [0.29, 0.717) is 0 Å². The van der Waals surface area contributed by atoms with Crippen molar-refractivity contribution in [2.75, 3.05) is 6.54 Å². The third kappa shape index (κ3) is 3.23. The van der Waals surface area contributed by atoms with E-state index in [-0.39, 0.29) is 11.3 Å². The van der Waals surface area contributed by atoms with Gasteiger partial charge in [0.15, 0.2) is 0 Å². The third-order valence-electron chi connectivity index (χ3n) is 3.02. The summed E-state index contributed by atoms with van der Waals surface area (Å²) in [6, 6.07) is 8.03. The molecule has 1 heterocycles. The van der Waals surface area contributed by atoms with Crippen molar-refractivity contribution in [2.45, 2.75) is 30.4 Å². The van der Waals surface area contributed by atoms with Crippen LogP contribution in [0.4, 0.5) is 0 Å². The summed E-state index contributed by atoms with van der Waals surface area (Å²) in [6.07, 6.45) is 0.938. The van der Waals surface area contributed by atoms with Gasteiger partial charge >= 0.3 is 5.97 Å². The fraction of sp³-hybridized carbons (Fsp3) is 0.462. The molecule has 1 aromatic rings. The summed E-state index contributed by atoms with van der Waals surface area (Å²) in [5.74, 6) is 0.153. The molecular weight excluding hydrogens is 234 g/mol. The Hall–Kier alpha value is -1.00. The van der Waals surface area contributed by atoms with E-state index >= 15 is 0 Å². The smallest absolute Gasteiger partial charge is 0.321 e. The van der Waals surface area contributed by atoms with Crippen molar-refractivity contribution in [1.29, 1.82) is 0 Å². The van der Waals surface area contributed by atoms with Crippen molar-refractivity contribution in [3.63, 3.8) is 0 Å². The maximum atomic E-state index is 11.0. The van der Waals surface area contributed by atoms with E-state index in [1.165, 1.54) is 11.1 Å². The van der Waals surface area contributed by atoms with Crippen LogP contribution in [0.5, 0.6) is 0 Å². The Bertz CT molecular complexity index is 391. The Morgan fingerprint density at radius 2 is 2.18 bits per heavy atom. The van der Waals surface area contributed by atoms with E-state index < -0.39 is 5.97 Å². The first-order chi connectivity index (χ1) is 8.16. The van der Waals surface area contributed by atoms with Crippen molar-refractivity contribution in [2.24, 2.45) is 0 Å². The fourth-order valence-corrected chi connectivity index (χ4v) is 3.28. The zero-order valence-electron chi connectivity index (χ0n) is 9.85. The van der Waals surface area contributed by atoms with Crippen molar-refractivity contribution < 1.29 is 9.90 Å². The zero-order valence-corrected chi connectivity index (χ0v) is 10.7. The highest BCUT2D eigenvalue weighted by Crippen LogP contribution is 2.26. The standard InChI is InChI=1S/C13H17NO2S/c1-9-2-4-10(5-3-9)8-17-11-6-7-14-12(11)13(15)16/h2-5,11-12,14H,6-8H2,1H3,(H,15,16)/t11-,12+/m1/s1. The van der Waals surface area contributed by atoms with Gasteiger partial charge in [0.25, 0.3) is 0 Å². The maximum Gasteiger partial charge on any atom is 0.321 e. The van der Waals surface area contributed by atoms with Gasteiger partial charge in [-0.05, 0) is 25.5 Å². The van der Waals surface area contributed by atoms with E-state index in [1.807, 2.05) is 0 Å². The van der Waals surface area contributed by atoms with Gasteiger partial charge in [-0.25, -0.2) is 0 Å². The van der Waals surface area contributed by atoms with Crippen molar-refractivity contribution >= 4 is 17.7 Å². The summed E-state index contributed by atoms with van der Waals surface area (Å²) in [4.78, 5) is 11.0. The molecule has 92 valence electrons. The van der Waals surface area contributed by atoms with Crippen LogP contribution in [-0.2, 0) is 10.5 Å². The number of hydrogen-bond donors (Lipinski definition) is 2. The molecule has 0 aromatic heterocycles. The molecule has 0 aliphatic carbocycles. The molecule has 0 saturated carbocycles. The van der Waals surface area contributed by atoms with Gasteiger partial charge in [-0.3, -0.25) is 4.79 Å². The molecule has 0 spiro atoms. The quantitative estimate of drug-likeness (QED) is 0.860. The number of rotatable bonds is 4. The largest absolute Gasteiger partial charge is 0.480 e. The van der Waals surface area contributed by atoms with Crippen LogP contribution in [0.2, 0.25) is 0 Å². The van der Waals surface area contributed by atoms with Crippen molar-refractivity contribution in [3.05, 3.63) is 35.4 Å². The second kappa shape index (κ2) is 5.56. The Kier molecular flexibility index (Phi) is 4.07. The van der Waals surface area contributed by atoms with Gasteiger partial charge in [0.2, 0.25) is 0 Å². The molecule has 0 unspecified atom stereocenters. The minimum Gasteiger partial charge on any atom is -0.480 e. The van der Waals surface area contributed by atoms with Crippen LogP contribution >= 0.6 is 11.8 Å². The van der Waals surface area contributed by atoms with Crippen LogP contribution in [-0.4, -0.2) is 28.9 Å². The summed E-state index contributed by atoms with van der Waals surface area (Å²) in [5.41, 5.74) is 2.52. The highest BCUT2D eigenvalue weighted by Gasteiger charge is 2.32. The Morgan fingerprint density at radius 3 is 2.82 bits per heavy atom. The Labute approximate surface area is 106 Å². The highest BCUT2D eigenvalue weighted by molar-refractivity contribution is 7.99. The first kappa shape index (κ1) is 12.5. The number of hydrogen-bond acceptors (Lipinski definition) is 3. The summed E-state index contributed by atoms with van der Waals surface area (Å²) < 4.78 is 0. The number of aliphatic carboxylic acids is 1. The van der Waals surface area contributed by atoms with Crippen molar-refractivity contribution in [3.8, 4) is 0 Å². The molecule has 1 saturated heterocycles. The second-order valence-electron chi connectivity index (χ2n) is 4.39. The lowest BCUT2D eigenvalue weighted by Crippen LogP contribution is -2.36. The number of carboxylic acid groups (broad SMARTS) is 1. The molecule has 17 heavy (non-hydrogen) atoms. The number of benzene rings is 1. The molecule has 0 amide bonds. The number of aryl methyl sites for hydroxylation is 1. The fourth-order valence-electron chi connectivity index (χ4n) is 1.99. The van der Waals surface area contributed by atoms with Crippen LogP contribution in [0, 0.1) is 6.92 Å². The second-order valence-corrected chi connectivity index (χ2v) is 5.62. The average Bonchev–Trinajstić information content (AvgIpc) is 2.76. The molecule has 1 aliphatic rings. The SMILES string of the molecule is Cc1ccc(CS[C@@H]2CCN[C@@H]2C(=O)O)cc1. The Morgan fingerprint density at radius 1 is 1.47 bits per heavy atom. The molecule has 0 radical (unpaired) electrons. The number of carboxylic acids is 1. The van der Waals surface area contributed by atoms with Gasteiger partial charge in [0.1, 0.15) is 6.04 Å². The molecule has 1 aromatic carbocycles. The van der Waals surface area contributed by atoms with Gasteiger partial charge in [0, 0.05) is 11.0 Å². The van der Waals surface area contributed by atoms with Gasteiger partial charge < -0.3 is 10.4 Å². The van der Waals surface area contributed by atoms with E-state index in [2.05, 4.69) is 36.5 Å². The van der Waals surface area contributed by atoms with Crippen LogP contribution in [0.1, 0.15) is 17.5 Å². The van der Waals surface area contributed by atoms with Gasteiger partial charge in [-0.15, -0.1) is 0 Å². The normalized spacial score (nSPS) is 23.8. The van der Waals surface area contributed by atoms with Crippen LogP contribution in [0.15, 0.2) is 24.3 Å². The molecule has 2 atom stereocenters. The molecule has 1 fully saturated rings. The summed E-state index contributed by atoms with van der Waals surface area (Å²) in [7, 11) is 0. The van der Waals surface area contributed by atoms with Crippen LogP contribution < -0.4 is 5.32 Å². The number of nitrogens with one attached hydrogen (secondary N) is 1. The van der Waals surface area contributed by atoms with Gasteiger partial charge in [-0.2, -0.15) is 11.8 Å². The predicted octanol–water partition coefficient (Wildman–Crippen LogP) is 2.04. The maximum absolute atomic E-state index is 11.0. The first-order valence-corrected chi connectivity index (χ1v) is 6.85. The number of thioether (sulfide) groups is 1. The minimum absolute atomic E-state index is 0.189. The van der Waals surface area contributed by atoms with E-state index in [9.17, 15) is 4.79 Å². The molecule has 0 bridgehead atoms. The van der Waals surface area contributed by atoms with E-state index in [0.717, 1.165) is 18.7 Å². The van der Waals surface area contributed by atoms with E-state index in [1.54, 1.807) is 11.8 Å². The topological polar surface area (TPSA) is 49.3 Å². The minimum atomic E-state index is -0.732. The highest BCUT2D eigenvalue weighted by atomic mass is 32.2. The molecule has 1 aliphatic heterocycles. The summed E-state index contributed by atoms with van der Waals surface area (Å²) >= 11 is 1.74. The molecule has 2 N–H and O–H groups in total. The number of carbonyl (C=O) groups is 1. The zero-order chi connectivity index (χ0) is 12.3. The average molecular weight is 251 g/mol. The molecule has 2 rings (SSSR count). The lowest BCUT2D eigenvalue weighted by atomic mass is 10.2. The van der Waals surface area contributed by atoms with Crippen LogP contribution in [0.25, 0.3) is 0 Å². The van der Waals surface area contributed by atoms with Crippen LogP contribution in [0.3, 0.4) is 0 Å². The predicted molar refractivity (Wildman–Crippen MR) is 70.3 cm³/mol. The lowest BCUT2D eigenvalue weighted by molar-refractivity contribution is -0.138. The van der Waals surface area contributed by atoms with E-state index in [4.69, 9.17) is 5.11 Å². The first-order valence-electron chi connectivity index (χ1n) is 5.80. The third-order valence-corrected chi connectivity index (χ3v) is 4.45. The van der Waals surface area contributed by atoms with Gasteiger partial charge in [0.05, 0.1) is 0 Å². The Balaban J connectivity index is 1.89. The van der Waals surface area contributed by atoms with Crippen molar-refractivity contribution in [1.82, 2.24) is 5.32 Å². The summed E-state index contributed by atoms with van der Waals surface area (Å²) in [5, 5.41) is 12.3.